The van der Waals surface area contributed by atoms with E-state index in [1.54, 1.807) is 0 Å². The predicted octanol–water partition coefficient (Wildman–Crippen LogP) is 2.88. The quantitative estimate of drug-likeness (QED) is 0.761. The molecule has 0 atom stereocenters. The first-order valence-electron chi connectivity index (χ1n) is 6.76. The molecular formula is C15H22ClN3O. The van der Waals surface area contributed by atoms with Crippen molar-refractivity contribution in [3.05, 3.63) is 48.5 Å². The second kappa shape index (κ2) is 9.39. The zero-order chi connectivity index (χ0) is 13.3. The Morgan fingerprint density at radius 1 is 1.25 bits per heavy atom. The lowest BCUT2D eigenvalue weighted by Crippen LogP contribution is -2.16. The molecule has 1 heterocycles. The zero-order valence-electron chi connectivity index (χ0n) is 11.8. The Hall–Kier alpha value is -1.52. The second-order valence-corrected chi connectivity index (χ2v) is 4.41. The highest BCUT2D eigenvalue weighted by atomic mass is 35.5. The maximum absolute atomic E-state index is 5.42. The first kappa shape index (κ1) is 16.5. The molecule has 0 radical (unpaired) electrons. The van der Waals surface area contributed by atoms with Crippen LogP contribution in [0.25, 0.3) is 0 Å². The van der Waals surface area contributed by atoms with Crippen LogP contribution in [-0.2, 0) is 13.1 Å². The number of aryl methyl sites for hydroxylation is 1. The summed E-state index contributed by atoms with van der Waals surface area (Å²) in [6, 6.07) is 8.25. The van der Waals surface area contributed by atoms with Crippen molar-refractivity contribution < 1.29 is 4.74 Å². The van der Waals surface area contributed by atoms with Crippen LogP contribution in [-0.4, -0.2) is 22.7 Å². The van der Waals surface area contributed by atoms with Gasteiger partial charge in [0.25, 0.3) is 0 Å². The SMILES string of the molecule is CCOc1ccc(CNCCCn2ccnc2)cc1.Cl. The van der Waals surface area contributed by atoms with Gasteiger partial charge in [0.1, 0.15) is 5.75 Å². The molecule has 0 spiro atoms. The minimum atomic E-state index is 0. The average Bonchev–Trinajstić information content (AvgIpc) is 2.94. The van der Waals surface area contributed by atoms with Crippen molar-refractivity contribution in [1.82, 2.24) is 14.9 Å². The molecule has 0 saturated heterocycles. The van der Waals surface area contributed by atoms with Gasteiger partial charge in [-0.25, -0.2) is 4.98 Å². The van der Waals surface area contributed by atoms with Crippen LogP contribution in [0, 0.1) is 0 Å². The number of halogens is 1. The predicted molar refractivity (Wildman–Crippen MR) is 83.4 cm³/mol. The standard InChI is InChI=1S/C15H21N3O.ClH/c1-2-19-15-6-4-14(5-7-15)12-16-8-3-10-18-11-9-17-13-18;/h4-7,9,11,13,16H,2-3,8,10,12H2,1H3;1H. The van der Waals surface area contributed by atoms with Crippen LogP contribution >= 0.6 is 12.4 Å². The van der Waals surface area contributed by atoms with Crippen molar-refractivity contribution in [2.24, 2.45) is 0 Å². The first-order chi connectivity index (χ1) is 9.38. The molecule has 0 aliphatic heterocycles. The number of nitrogens with one attached hydrogen (secondary N) is 1. The lowest BCUT2D eigenvalue weighted by Gasteiger charge is -2.07. The first-order valence-corrected chi connectivity index (χ1v) is 6.76. The van der Waals surface area contributed by atoms with Crippen LogP contribution < -0.4 is 10.1 Å². The van der Waals surface area contributed by atoms with Crippen molar-refractivity contribution in [3.63, 3.8) is 0 Å². The van der Waals surface area contributed by atoms with E-state index >= 15 is 0 Å². The minimum Gasteiger partial charge on any atom is -0.494 e. The van der Waals surface area contributed by atoms with Gasteiger partial charge in [-0.05, 0) is 37.6 Å². The largest absolute Gasteiger partial charge is 0.494 e. The fraction of sp³-hybridized carbons (Fsp3) is 0.400. The van der Waals surface area contributed by atoms with Gasteiger partial charge >= 0.3 is 0 Å². The molecule has 110 valence electrons. The number of ether oxygens (including phenoxy) is 1. The van der Waals surface area contributed by atoms with E-state index in [1.165, 1.54) is 5.56 Å². The van der Waals surface area contributed by atoms with E-state index in [0.29, 0.717) is 6.61 Å². The second-order valence-electron chi connectivity index (χ2n) is 4.41. The third kappa shape index (κ3) is 5.63. The van der Waals surface area contributed by atoms with E-state index in [2.05, 4.69) is 27.0 Å². The monoisotopic (exact) mass is 295 g/mol. The van der Waals surface area contributed by atoms with Gasteiger partial charge in [-0.1, -0.05) is 12.1 Å². The normalized spacial score (nSPS) is 10.1. The van der Waals surface area contributed by atoms with Crippen LogP contribution in [0.2, 0.25) is 0 Å². The van der Waals surface area contributed by atoms with E-state index in [-0.39, 0.29) is 12.4 Å². The topological polar surface area (TPSA) is 39.1 Å². The average molecular weight is 296 g/mol. The Balaban J connectivity index is 0.00000200. The number of nitrogens with zero attached hydrogens (tertiary/aromatic N) is 2. The van der Waals surface area contributed by atoms with E-state index < -0.39 is 0 Å². The molecule has 1 aromatic carbocycles. The van der Waals surface area contributed by atoms with Gasteiger partial charge in [0.2, 0.25) is 0 Å². The van der Waals surface area contributed by atoms with Crippen LogP contribution in [0.15, 0.2) is 43.0 Å². The van der Waals surface area contributed by atoms with Crippen molar-refractivity contribution >= 4 is 12.4 Å². The molecule has 0 amide bonds. The van der Waals surface area contributed by atoms with Crippen LogP contribution in [0.4, 0.5) is 0 Å². The fourth-order valence-electron chi connectivity index (χ4n) is 1.91. The zero-order valence-corrected chi connectivity index (χ0v) is 12.6. The van der Waals surface area contributed by atoms with Gasteiger partial charge in [-0.2, -0.15) is 0 Å². The summed E-state index contributed by atoms with van der Waals surface area (Å²) in [6.45, 7) is 5.62. The van der Waals surface area contributed by atoms with Crippen molar-refractivity contribution in [1.29, 1.82) is 0 Å². The Bertz CT molecular complexity index is 456. The molecule has 0 bridgehead atoms. The summed E-state index contributed by atoms with van der Waals surface area (Å²) in [5.41, 5.74) is 1.28. The lowest BCUT2D eigenvalue weighted by molar-refractivity contribution is 0.340. The van der Waals surface area contributed by atoms with E-state index in [1.807, 2.05) is 37.8 Å². The Labute approximate surface area is 126 Å². The molecule has 1 N–H and O–H groups in total. The van der Waals surface area contributed by atoms with Gasteiger partial charge < -0.3 is 14.6 Å². The van der Waals surface area contributed by atoms with E-state index in [4.69, 9.17) is 4.74 Å². The number of hydrogen-bond acceptors (Lipinski definition) is 3. The van der Waals surface area contributed by atoms with Crippen LogP contribution in [0.3, 0.4) is 0 Å². The number of imidazole rings is 1. The number of benzene rings is 1. The summed E-state index contributed by atoms with van der Waals surface area (Å²) in [5, 5.41) is 3.44. The lowest BCUT2D eigenvalue weighted by atomic mass is 10.2. The molecule has 20 heavy (non-hydrogen) atoms. The van der Waals surface area contributed by atoms with Crippen LogP contribution in [0.5, 0.6) is 5.75 Å². The highest BCUT2D eigenvalue weighted by Crippen LogP contribution is 2.11. The highest BCUT2D eigenvalue weighted by Gasteiger charge is 1.95. The van der Waals surface area contributed by atoms with Gasteiger partial charge in [0.15, 0.2) is 0 Å². The van der Waals surface area contributed by atoms with Crippen molar-refractivity contribution in [3.8, 4) is 5.75 Å². The van der Waals surface area contributed by atoms with E-state index in [0.717, 1.165) is 31.8 Å². The maximum atomic E-state index is 5.42. The summed E-state index contributed by atoms with van der Waals surface area (Å²) in [6.07, 6.45) is 6.76. The molecule has 2 rings (SSSR count). The molecule has 2 aromatic rings. The molecule has 4 nitrogen and oxygen atoms in total. The maximum Gasteiger partial charge on any atom is 0.119 e. The molecule has 0 aliphatic carbocycles. The summed E-state index contributed by atoms with van der Waals surface area (Å²) in [5.74, 6) is 0.936. The van der Waals surface area contributed by atoms with E-state index in [9.17, 15) is 0 Å². The molecular weight excluding hydrogens is 274 g/mol. The van der Waals surface area contributed by atoms with Gasteiger partial charge in [-0.15, -0.1) is 12.4 Å². The number of aromatic nitrogens is 2. The van der Waals surface area contributed by atoms with Crippen molar-refractivity contribution in [2.45, 2.75) is 26.4 Å². The number of rotatable bonds is 8. The summed E-state index contributed by atoms with van der Waals surface area (Å²) >= 11 is 0. The van der Waals surface area contributed by atoms with Crippen LogP contribution in [0.1, 0.15) is 18.9 Å². The molecule has 1 aromatic heterocycles. The third-order valence-corrected chi connectivity index (χ3v) is 2.89. The molecule has 0 unspecified atom stereocenters. The Morgan fingerprint density at radius 3 is 2.70 bits per heavy atom. The smallest absolute Gasteiger partial charge is 0.119 e. The minimum absolute atomic E-state index is 0. The summed E-state index contributed by atoms with van der Waals surface area (Å²) in [4.78, 5) is 4.02. The fourth-order valence-corrected chi connectivity index (χ4v) is 1.91. The summed E-state index contributed by atoms with van der Waals surface area (Å²) in [7, 11) is 0. The molecule has 0 fully saturated rings. The Kier molecular flexibility index (Phi) is 7.77. The highest BCUT2D eigenvalue weighted by molar-refractivity contribution is 5.85. The van der Waals surface area contributed by atoms with Crippen molar-refractivity contribution in [2.75, 3.05) is 13.2 Å². The van der Waals surface area contributed by atoms with Gasteiger partial charge in [-0.3, -0.25) is 0 Å². The summed E-state index contributed by atoms with van der Waals surface area (Å²) < 4.78 is 7.51. The number of hydrogen-bond donors (Lipinski definition) is 1. The van der Waals surface area contributed by atoms with Gasteiger partial charge in [0, 0.05) is 25.5 Å². The molecule has 5 heteroatoms. The molecule has 0 aliphatic rings. The van der Waals surface area contributed by atoms with Gasteiger partial charge in [0.05, 0.1) is 12.9 Å². The Morgan fingerprint density at radius 2 is 2.05 bits per heavy atom. The molecule has 0 saturated carbocycles. The third-order valence-electron chi connectivity index (χ3n) is 2.89.